The van der Waals surface area contributed by atoms with E-state index in [1.54, 1.807) is 0 Å². The van der Waals surface area contributed by atoms with Gasteiger partial charge < -0.3 is 8.92 Å². The highest BCUT2D eigenvalue weighted by atomic mass is 32.2. The number of carbonyl (C=O) groups is 1. The van der Waals surface area contributed by atoms with Crippen LogP contribution in [0.5, 0.6) is 5.75 Å². The molecule has 5 nitrogen and oxygen atoms in total. The maximum Gasteiger partial charge on any atom is 0.534 e. The molecule has 0 atom stereocenters. The van der Waals surface area contributed by atoms with E-state index in [1.165, 1.54) is 19.2 Å². The van der Waals surface area contributed by atoms with Crippen LogP contribution in [0.3, 0.4) is 0 Å². The monoisotopic (exact) mass is 366 g/mol. The van der Waals surface area contributed by atoms with E-state index in [1.807, 2.05) is 0 Å². The van der Waals surface area contributed by atoms with Crippen molar-refractivity contribution in [1.82, 2.24) is 0 Å². The maximum atomic E-state index is 12.6. The first kappa shape index (κ1) is 18.6. The first-order chi connectivity index (χ1) is 11.2. The number of hydrogen-bond donors (Lipinski definition) is 0. The zero-order valence-electron chi connectivity index (χ0n) is 12.9. The summed E-state index contributed by atoms with van der Waals surface area (Å²) in [6, 6.07) is 3.60. The van der Waals surface area contributed by atoms with Crippen LogP contribution in [0.4, 0.5) is 13.2 Å². The standard InChI is InChI=1S/C15H17F3O5S/c1-22-14(19)11-7-8-13(23-24(20,21)15(16,17)18)12(9-11)10-5-3-2-4-6-10/h7-10H,2-6H2,1H3. The summed E-state index contributed by atoms with van der Waals surface area (Å²) in [4.78, 5) is 11.6. The zero-order chi connectivity index (χ0) is 18.0. The molecule has 1 aliphatic carbocycles. The molecule has 0 spiro atoms. The Morgan fingerprint density at radius 3 is 2.33 bits per heavy atom. The summed E-state index contributed by atoms with van der Waals surface area (Å²) < 4.78 is 69.2. The summed E-state index contributed by atoms with van der Waals surface area (Å²) in [5.41, 5.74) is -5.10. The molecular formula is C15H17F3O5S. The van der Waals surface area contributed by atoms with Crippen LogP contribution in [-0.2, 0) is 14.9 Å². The Morgan fingerprint density at radius 2 is 1.79 bits per heavy atom. The minimum atomic E-state index is -5.77. The number of hydrogen-bond acceptors (Lipinski definition) is 5. The van der Waals surface area contributed by atoms with E-state index in [0.717, 1.165) is 25.3 Å². The number of carbonyl (C=O) groups excluding carboxylic acids is 1. The average molecular weight is 366 g/mol. The van der Waals surface area contributed by atoms with Gasteiger partial charge in [0.2, 0.25) is 0 Å². The predicted octanol–water partition coefficient (Wildman–Crippen LogP) is 3.75. The molecule has 9 heteroatoms. The van der Waals surface area contributed by atoms with E-state index in [4.69, 9.17) is 0 Å². The summed E-state index contributed by atoms with van der Waals surface area (Å²) in [5, 5.41) is 0. The zero-order valence-corrected chi connectivity index (χ0v) is 13.7. The van der Waals surface area contributed by atoms with Crippen LogP contribution in [0.15, 0.2) is 18.2 Å². The normalized spacial score (nSPS) is 16.7. The van der Waals surface area contributed by atoms with Gasteiger partial charge in [-0.25, -0.2) is 4.79 Å². The fourth-order valence-electron chi connectivity index (χ4n) is 2.77. The largest absolute Gasteiger partial charge is 0.534 e. The Hall–Kier alpha value is -1.77. The first-order valence-corrected chi connectivity index (χ1v) is 8.79. The first-order valence-electron chi connectivity index (χ1n) is 7.38. The minimum absolute atomic E-state index is 0.134. The Balaban J connectivity index is 2.44. The summed E-state index contributed by atoms with van der Waals surface area (Å²) >= 11 is 0. The summed E-state index contributed by atoms with van der Waals surface area (Å²) in [6.45, 7) is 0. The van der Waals surface area contributed by atoms with Gasteiger partial charge in [0.1, 0.15) is 5.75 Å². The number of benzene rings is 1. The molecule has 0 aromatic heterocycles. The van der Waals surface area contributed by atoms with Crippen molar-refractivity contribution in [2.75, 3.05) is 7.11 Å². The third-order valence-electron chi connectivity index (χ3n) is 3.96. The van der Waals surface area contributed by atoms with Crippen molar-refractivity contribution in [2.24, 2.45) is 0 Å². The fourth-order valence-corrected chi connectivity index (χ4v) is 3.25. The lowest BCUT2D eigenvalue weighted by Gasteiger charge is -2.24. The van der Waals surface area contributed by atoms with Gasteiger partial charge in [-0.1, -0.05) is 19.3 Å². The van der Waals surface area contributed by atoms with Crippen molar-refractivity contribution >= 4 is 16.1 Å². The number of esters is 1. The molecule has 1 aromatic carbocycles. The second-order valence-electron chi connectivity index (χ2n) is 5.56. The highest BCUT2D eigenvalue weighted by molar-refractivity contribution is 7.88. The van der Waals surface area contributed by atoms with Gasteiger partial charge in [0, 0.05) is 0 Å². The van der Waals surface area contributed by atoms with E-state index < -0.39 is 27.3 Å². The highest BCUT2D eigenvalue weighted by Crippen LogP contribution is 2.39. The topological polar surface area (TPSA) is 69.7 Å². The number of ether oxygens (including phenoxy) is 1. The van der Waals surface area contributed by atoms with E-state index in [-0.39, 0.29) is 17.0 Å². The van der Waals surface area contributed by atoms with Crippen LogP contribution in [-0.4, -0.2) is 27.0 Å². The molecule has 2 rings (SSSR count). The molecule has 0 bridgehead atoms. The molecule has 0 heterocycles. The smallest absolute Gasteiger partial charge is 0.465 e. The third kappa shape index (κ3) is 4.00. The molecule has 24 heavy (non-hydrogen) atoms. The van der Waals surface area contributed by atoms with Gasteiger partial charge in [-0.15, -0.1) is 0 Å². The van der Waals surface area contributed by atoms with Crippen molar-refractivity contribution in [1.29, 1.82) is 0 Å². The van der Waals surface area contributed by atoms with Gasteiger partial charge in [-0.05, 0) is 42.5 Å². The van der Waals surface area contributed by atoms with Gasteiger partial charge in [-0.3, -0.25) is 0 Å². The summed E-state index contributed by atoms with van der Waals surface area (Å²) in [7, 11) is -4.59. The van der Waals surface area contributed by atoms with E-state index in [0.29, 0.717) is 12.8 Å². The van der Waals surface area contributed by atoms with E-state index in [2.05, 4.69) is 8.92 Å². The number of halogens is 3. The Morgan fingerprint density at radius 1 is 1.17 bits per heavy atom. The van der Waals surface area contributed by atoms with Crippen molar-refractivity contribution < 1.29 is 35.3 Å². The minimum Gasteiger partial charge on any atom is -0.465 e. The van der Waals surface area contributed by atoms with Gasteiger partial charge in [0.15, 0.2) is 0 Å². The van der Waals surface area contributed by atoms with Gasteiger partial charge >= 0.3 is 21.6 Å². The molecular weight excluding hydrogens is 349 g/mol. The van der Waals surface area contributed by atoms with Crippen molar-refractivity contribution in [3.8, 4) is 5.75 Å². The molecule has 0 unspecified atom stereocenters. The molecule has 0 aliphatic heterocycles. The lowest BCUT2D eigenvalue weighted by molar-refractivity contribution is -0.0500. The number of rotatable bonds is 4. The van der Waals surface area contributed by atoms with E-state index >= 15 is 0 Å². The van der Waals surface area contributed by atoms with E-state index in [9.17, 15) is 26.4 Å². The number of methoxy groups -OCH3 is 1. The third-order valence-corrected chi connectivity index (χ3v) is 4.92. The van der Waals surface area contributed by atoms with Crippen LogP contribution >= 0.6 is 0 Å². The average Bonchev–Trinajstić information content (AvgIpc) is 2.54. The lowest BCUT2D eigenvalue weighted by Crippen LogP contribution is -2.28. The quantitative estimate of drug-likeness (QED) is 0.461. The summed E-state index contributed by atoms with van der Waals surface area (Å²) in [5.74, 6) is -1.22. The van der Waals surface area contributed by atoms with Crippen LogP contribution in [0, 0.1) is 0 Å². The Labute approximate surface area is 137 Å². The van der Waals surface area contributed by atoms with Gasteiger partial charge in [0.05, 0.1) is 12.7 Å². The molecule has 134 valence electrons. The molecule has 1 fully saturated rings. The Bertz CT molecular complexity index is 706. The highest BCUT2D eigenvalue weighted by Gasteiger charge is 2.49. The van der Waals surface area contributed by atoms with Crippen LogP contribution in [0.2, 0.25) is 0 Å². The van der Waals surface area contributed by atoms with Crippen molar-refractivity contribution in [3.05, 3.63) is 29.3 Å². The second-order valence-corrected chi connectivity index (χ2v) is 7.10. The van der Waals surface area contributed by atoms with Crippen LogP contribution in [0.1, 0.15) is 53.9 Å². The second kappa shape index (κ2) is 7.00. The number of alkyl halides is 3. The fraction of sp³-hybridized carbons (Fsp3) is 0.533. The van der Waals surface area contributed by atoms with Crippen molar-refractivity contribution in [2.45, 2.75) is 43.5 Å². The van der Waals surface area contributed by atoms with Crippen LogP contribution < -0.4 is 4.18 Å². The molecule has 1 aromatic rings. The van der Waals surface area contributed by atoms with Gasteiger partial charge in [-0.2, -0.15) is 21.6 Å². The molecule has 0 radical (unpaired) electrons. The molecule has 0 N–H and O–H groups in total. The maximum absolute atomic E-state index is 12.6. The predicted molar refractivity (Wildman–Crippen MR) is 79.2 cm³/mol. The Kier molecular flexibility index (Phi) is 5.42. The molecule has 1 aliphatic rings. The van der Waals surface area contributed by atoms with Crippen LogP contribution in [0.25, 0.3) is 0 Å². The van der Waals surface area contributed by atoms with Crippen molar-refractivity contribution in [3.63, 3.8) is 0 Å². The molecule has 0 amide bonds. The summed E-state index contributed by atoms with van der Waals surface area (Å²) in [6.07, 6.45) is 4.13. The molecule has 1 saturated carbocycles. The SMILES string of the molecule is COC(=O)c1ccc(OS(=O)(=O)C(F)(F)F)c(C2CCCCC2)c1. The van der Waals surface area contributed by atoms with Gasteiger partial charge in [0.25, 0.3) is 0 Å². The molecule has 0 saturated heterocycles. The lowest BCUT2D eigenvalue weighted by atomic mass is 9.83.